The van der Waals surface area contributed by atoms with Crippen molar-refractivity contribution in [1.29, 1.82) is 0 Å². The highest BCUT2D eigenvalue weighted by molar-refractivity contribution is 6.09. The number of carbonyl (C=O) groups excluding carboxylic acids is 2. The Bertz CT molecular complexity index is 1090. The number of hydrogen-bond acceptors (Lipinski definition) is 3. The van der Waals surface area contributed by atoms with Crippen molar-refractivity contribution in [1.82, 2.24) is 4.98 Å². The molecule has 0 bridgehead atoms. The van der Waals surface area contributed by atoms with E-state index in [1.807, 2.05) is 6.07 Å². The predicted octanol–water partition coefficient (Wildman–Crippen LogP) is 6.22. The number of rotatable bonds is 3. The second kappa shape index (κ2) is 7.10. The van der Waals surface area contributed by atoms with Gasteiger partial charge in [0.1, 0.15) is 17.5 Å². The second-order valence-corrected chi connectivity index (χ2v) is 11.8. The molecule has 1 heterocycles. The molecule has 2 aromatic rings. The van der Waals surface area contributed by atoms with Gasteiger partial charge in [0.25, 0.3) is 0 Å². The van der Waals surface area contributed by atoms with Gasteiger partial charge in [-0.3, -0.25) is 14.6 Å². The molecule has 0 aliphatic heterocycles. The first-order valence-corrected chi connectivity index (χ1v) is 12.2. The summed E-state index contributed by atoms with van der Waals surface area (Å²) in [6.07, 6.45) is 8.12. The lowest BCUT2D eigenvalue weighted by Gasteiger charge is -2.43. The quantitative estimate of drug-likeness (QED) is 0.544. The highest BCUT2D eigenvalue weighted by Crippen LogP contribution is 2.56. The van der Waals surface area contributed by atoms with Crippen LogP contribution in [0.4, 0.5) is 0 Å². The minimum Gasteiger partial charge on any atom is -0.299 e. The Hall–Kier alpha value is -2.29. The van der Waals surface area contributed by atoms with Crippen LogP contribution in [0, 0.1) is 6.92 Å². The Balaban J connectivity index is 1.54. The standard InChI is InChI=1S/C29H35NO2/c1-18-15-21-22(28(4,5)12-11-27(21,2)3)16-20(18)29(13-14-29)25-10-9-19(17-30-25)26-23(31)7-6-8-24(26)32/h9-10,15-17,26H,6-8,11-14H2,1-5H3. The van der Waals surface area contributed by atoms with Crippen molar-refractivity contribution in [2.24, 2.45) is 0 Å². The minimum absolute atomic E-state index is 0.0318. The summed E-state index contributed by atoms with van der Waals surface area (Å²) in [5.74, 6) is -0.506. The smallest absolute Gasteiger partial charge is 0.147 e. The summed E-state index contributed by atoms with van der Waals surface area (Å²) in [5.41, 5.74) is 7.97. The molecule has 3 heteroatoms. The zero-order chi connectivity index (χ0) is 22.9. The average Bonchev–Trinajstić information content (AvgIpc) is 3.53. The Labute approximate surface area is 192 Å². The summed E-state index contributed by atoms with van der Waals surface area (Å²) in [4.78, 5) is 29.6. The fourth-order valence-corrected chi connectivity index (χ4v) is 6.16. The van der Waals surface area contributed by atoms with Gasteiger partial charge in [-0.1, -0.05) is 45.9 Å². The van der Waals surface area contributed by atoms with Gasteiger partial charge in [-0.25, -0.2) is 0 Å². The normalized spacial score (nSPS) is 23.7. The first kappa shape index (κ1) is 21.6. The molecular weight excluding hydrogens is 394 g/mol. The van der Waals surface area contributed by atoms with Gasteiger partial charge in [-0.2, -0.15) is 0 Å². The van der Waals surface area contributed by atoms with Crippen LogP contribution in [0.3, 0.4) is 0 Å². The Morgan fingerprint density at radius 2 is 1.41 bits per heavy atom. The first-order chi connectivity index (χ1) is 15.1. The van der Waals surface area contributed by atoms with Crippen molar-refractivity contribution in [3.8, 4) is 0 Å². The molecule has 0 saturated heterocycles. The van der Waals surface area contributed by atoms with Gasteiger partial charge in [0.2, 0.25) is 0 Å². The zero-order valence-electron chi connectivity index (χ0n) is 20.2. The van der Waals surface area contributed by atoms with E-state index in [2.05, 4.69) is 52.8 Å². The van der Waals surface area contributed by atoms with E-state index >= 15 is 0 Å². The van der Waals surface area contributed by atoms with E-state index in [9.17, 15) is 9.59 Å². The molecule has 0 atom stereocenters. The van der Waals surface area contributed by atoms with Crippen molar-refractivity contribution in [2.45, 2.75) is 102 Å². The van der Waals surface area contributed by atoms with Crippen molar-refractivity contribution < 1.29 is 9.59 Å². The minimum atomic E-state index is -0.603. The van der Waals surface area contributed by atoms with Gasteiger partial charge in [-0.15, -0.1) is 0 Å². The summed E-state index contributed by atoms with van der Waals surface area (Å²) < 4.78 is 0. The topological polar surface area (TPSA) is 47.0 Å². The van der Waals surface area contributed by atoms with Crippen LogP contribution in [0.25, 0.3) is 0 Å². The van der Waals surface area contributed by atoms with E-state index in [-0.39, 0.29) is 27.8 Å². The molecule has 3 aliphatic rings. The molecule has 2 saturated carbocycles. The average molecular weight is 430 g/mol. The number of nitrogens with zero attached hydrogens (tertiary/aromatic N) is 1. The summed E-state index contributed by atoms with van der Waals surface area (Å²) in [7, 11) is 0. The number of fused-ring (bicyclic) bond motifs is 1. The fourth-order valence-electron chi connectivity index (χ4n) is 6.16. The third-order valence-corrected chi connectivity index (χ3v) is 8.56. The number of Topliss-reactive ketones (excluding diaryl/α,β-unsaturated/α-hetero) is 2. The van der Waals surface area contributed by atoms with E-state index in [0.29, 0.717) is 19.3 Å². The predicted molar refractivity (Wildman–Crippen MR) is 127 cm³/mol. The van der Waals surface area contributed by atoms with Crippen molar-refractivity contribution >= 4 is 11.6 Å². The second-order valence-electron chi connectivity index (χ2n) is 11.8. The van der Waals surface area contributed by atoms with Crippen molar-refractivity contribution in [2.75, 3.05) is 0 Å². The Kier molecular flexibility index (Phi) is 4.78. The maximum Gasteiger partial charge on any atom is 0.147 e. The van der Waals surface area contributed by atoms with Crippen LogP contribution >= 0.6 is 0 Å². The molecule has 0 amide bonds. The van der Waals surface area contributed by atoms with E-state index in [4.69, 9.17) is 4.98 Å². The van der Waals surface area contributed by atoms with E-state index in [1.54, 1.807) is 6.20 Å². The highest BCUT2D eigenvalue weighted by atomic mass is 16.2. The van der Waals surface area contributed by atoms with Gasteiger partial charge >= 0.3 is 0 Å². The van der Waals surface area contributed by atoms with E-state index in [1.165, 1.54) is 35.1 Å². The molecule has 3 aliphatic carbocycles. The zero-order valence-corrected chi connectivity index (χ0v) is 20.2. The fraction of sp³-hybridized carbons (Fsp3) is 0.552. The Morgan fingerprint density at radius 1 is 0.812 bits per heavy atom. The van der Waals surface area contributed by atoms with Crippen molar-refractivity contribution in [3.63, 3.8) is 0 Å². The molecule has 1 aromatic carbocycles. The molecule has 0 unspecified atom stereocenters. The van der Waals surface area contributed by atoms with Crippen molar-refractivity contribution in [3.05, 3.63) is 64.0 Å². The van der Waals surface area contributed by atoms with Crippen LogP contribution in [0.1, 0.15) is 112 Å². The number of hydrogen-bond donors (Lipinski definition) is 0. The number of benzene rings is 1. The molecule has 0 radical (unpaired) electrons. The summed E-state index contributed by atoms with van der Waals surface area (Å²) in [5, 5.41) is 0. The molecule has 3 nitrogen and oxygen atoms in total. The van der Waals surface area contributed by atoms with Crippen LogP contribution < -0.4 is 0 Å². The molecule has 1 aromatic heterocycles. The summed E-state index contributed by atoms with van der Waals surface area (Å²) in [6.45, 7) is 11.8. The van der Waals surface area contributed by atoms with Gasteiger partial charge in [0.15, 0.2) is 0 Å². The van der Waals surface area contributed by atoms with E-state index in [0.717, 1.165) is 24.1 Å². The lowest BCUT2D eigenvalue weighted by Crippen LogP contribution is -2.34. The molecule has 5 rings (SSSR count). The number of carbonyl (C=O) groups is 2. The van der Waals surface area contributed by atoms with E-state index < -0.39 is 5.92 Å². The molecule has 32 heavy (non-hydrogen) atoms. The maximum atomic E-state index is 12.4. The van der Waals surface area contributed by atoms with Crippen LogP contribution in [0.15, 0.2) is 30.5 Å². The summed E-state index contributed by atoms with van der Waals surface area (Å²) in [6, 6.07) is 8.99. The molecule has 2 fully saturated rings. The molecule has 0 spiro atoms. The molecule has 0 N–H and O–H groups in total. The third kappa shape index (κ3) is 3.27. The third-order valence-electron chi connectivity index (χ3n) is 8.56. The SMILES string of the molecule is Cc1cc2c(cc1C1(c3ccc(C4C(=O)CCCC4=O)cn3)CC1)C(C)(C)CCC2(C)C. The van der Waals surface area contributed by atoms with Crippen LogP contribution in [-0.4, -0.2) is 16.6 Å². The monoisotopic (exact) mass is 429 g/mol. The summed E-state index contributed by atoms with van der Waals surface area (Å²) >= 11 is 0. The first-order valence-electron chi connectivity index (χ1n) is 12.2. The number of aryl methyl sites for hydroxylation is 1. The lowest BCUT2D eigenvalue weighted by molar-refractivity contribution is -0.131. The van der Waals surface area contributed by atoms with Crippen LogP contribution in [0.2, 0.25) is 0 Å². The number of aromatic nitrogens is 1. The highest BCUT2D eigenvalue weighted by Gasteiger charge is 2.49. The lowest BCUT2D eigenvalue weighted by atomic mass is 9.62. The Morgan fingerprint density at radius 3 is 1.94 bits per heavy atom. The largest absolute Gasteiger partial charge is 0.299 e. The number of ketones is 2. The van der Waals surface area contributed by atoms with Crippen LogP contribution in [0.5, 0.6) is 0 Å². The van der Waals surface area contributed by atoms with Gasteiger partial charge < -0.3 is 0 Å². The molecule has 168 valence electrons. The molecular formula is C29H35NO2. The number of pyridine rings is 1. The van der Waals surface area contributed by atoms with Gasteiger partial charge in [0, 0.05) is 24.5 Å². The maximum absolute atomic E-state index is 12.4. The van der Waals surface area contributed by atoms with Gasteiger partial charge in [-0.05, 0) is 83.7 Å². The van der Waals surface area contributed by atoms with Gasteiger partial charge in [0.05, 0.1) is 5.69 Å². The van der Waals surface area contributed by atoms with Crippen LogP contribution in [-0.2, 0) is 25.8 Å².